The largest absolute Gasteiger partial charge is 0.339 e. The van der Waals surface area contributed by atoms with Gasteiger partial charge in [-0.05, 0) is 56.3 Å². The molecule has 4 saturated carbocycles. The van der Waals surface area contributed by atoms with Gasteiger partial charge in [0, 0.05) is 6.04 Å². The van der Waals surface area contributed by atoms with Crippen LogP contribution in [0.5, 0.6) is 0 Å². The molecule has 1 N–H and O–H groups in total. The molecule has 1 aromatic rings. The van der Waals surface area contributed by atoms with Gasteiger partial charge in [0.2, 0.25) is 5.89 Å². The van der Waals surface area contributed by atoms with Gasteiger partial charge in [0.05, 0.1) is 12.0 Å². The first-order valence-electron chi connectivity index (χ1n) is 8.19. The molecule has 4 heteroatoms. The van der Waals surface area contributed by atoms with Crippen molar-refractivity contribution in [2.45, 2.75) is 70.4 Å². The number of hydrogen-bond acceptors (Lipinski definition) is 4. The monoisotopic (exact) mass is 275 g/mol. The Morgan fingerprint density at radius 2 is 1.75 bits per heavy atom. The lowest BCUT2D eigenvalue weighted by atomic mass is 9.49. The molecule has 0 aromatic carbocycles. The van der Waals surface area contributed by atoms with Gasteiger partial charge < -0.3 is 9.84 Å². The van der Waals surface area contributed by atoms with Crippen LogP contribution >= 0.6 is 0 Å². The molecular formula is C16H25N3O. The highest BCUT2D eigenvalue weighted by molar-refractivity contribution is 5.15. The molecule has 0 unspecified atom stereocenters. The molecule has 0 spiro atoms. The van der Waals surface area contributed by atoms with Gasteiger partial charge in [-0.15, -0.1) is 0 Å². The van der Waals surface area contributed by atoms with Crippen LogP contribution in [0.2, 0.25) is 0 Å². The maximum Gasteiger partial charge on any atom is 0.232 e. The molecule has 0 saturated heterocycles. The summed E-state index contributed by atoms with van der Waals surface area (Å²) in [5, 5.41) is 7.56. The van der Waals surface area contributed by atoms with E-state index in [-0.39, 0.29) is 5.41 Å². The van der Waals surface area contributed by atoms with Crippen LogP contribution in [-0.2, 0) is 12.0 Å². The summed E-state index contributed by atoms with van der Waals surface area (Å²) in [7, 11) is 0. The Labute approximate surface area is 120 Å². The van der Waals surface area contributed by atoms with Crippen LogP contribution in [0.25, 0.3) is 0 Å². The second-order valence-corrected chi connectivity index (χ2v) is 7.75. The van der Waals surface area contributed by atoms with Gasteiger partial charge in [-0.1, -0.05) is 19.0 Å². The Morgan fingerprint density at radius 1 is 1.15 bits per heavy atom. The van der Waals surface area contributed by atoms with E-state index < -0.39 is 0 Å². The maximum absolute atomic E-state index is 5.68. The molecule has 0 amide bonds. The van der Waals surface area contributed by atoms with Crippen molar-refractivity contribution in [3.8, 4) is 0 Å². The number of rotatable bonds is 4. The van der Waals surface area contributed by atoms with Crippen molar-refractivity contribution in [2.75, 3.05) is 0 Å². The predicted octanol–water partition coefficient (Wildman–Crippen LogP) is 3.04. The zero-order valence-corrected chi connectivity index (χ0v) is 12.6. The Hall–Kier alpha value is -0.900. The highest BCUT2D eigenvalue weighted by atomic mass is 16.5. The summed E-state index contributed by atoms with van der Waals surface area (Å²) in [5.74, 6) is 4.53. The molecule has 1 aromatic heterocycles. The molecule has 4 aliphatic carbocycles. The SMILES string of the molecule is CC(C)NCc1noc(C23CC4CC(CC(C4)C2)C3)n1. The normalized spacial score (nSPS) is 38.9. The van der Waals surface area contributed by atoms with E-state index in [1.54, 1.807) is 0 Å². The van der Waals surface area contributed by atoms with E-state index in [4.69, 9.17) is 9.51 Å². The highest BCUT2D eigenvalue weighted by Crippen LogP contribution is 2.60. The van der Waals surface area contributed by atoms with Crippen molar-refractivity contribution in [1.29, 1.82) is 0 Å². The fraction of sp³-hybridized carbons (Fsp3) is 0.875. The van der Waals surface area contributed by atoms with Crippen molar-refractivity contribution in [2.24, 2.45) is 17.8 Å². The van der Waals surface area contributed by atoms with Gasteiger partial charge in [0.25, 0.3) is 0 Å². The molecule has 0 aliphatic heterocycles. The minimum atomic E-state index is 0.234. The van der Waals surface area contributed by atoms with Crippen molar-refractivity contribution < 1.29 is 4.52 Å². The van der Waals surface area contributed by atoms with Crippen LogP contribution in [0, 0.1) is 17.8 Å². The first kappa shape index (κ1) is 12.8. The quantitative estimate of drug-likeness (QED) is 0.917. The van der Waals surface area contributed by atoms with E-state index in [0.29, 0.717) is 12.6 Å². The number of nitrogens with zero attached hydrogens (tertiary/aromatic N) is 2. The van der Waals surface area contributed by atoms with Crippen molar-refractivity contribution >= 4 is 0 Å². The van der Waals surface area contributed by atoms with E-state index in [1.807, 2.05) is 0 Å². The maximum atomic E-state index is 5.68. The van der Waals surface area contributed by atoms with Crippen LogP contribution in [0.3, 0.4) is 0 Å². The average molecular weight is 275 g/mol. The lowest BCUT2D eigenvalue weighted by molar-refractivity contribution is -0.0201. The van der Waals surface area contributed by atoms with Crippen LogP contribution in [-0.4, -0.2) is 16.2 Å². The highest BCUT2D eigenvalue weighted by Gasteiger charge is 2.54. The van der Waals surface area contributed by atoms with Crippen molar-refractivity contribution in [3.63, 3.8) is 0 Å². The second-order valence-electron chi connectivity index (χ2n) is 7.75. The molecule has 0 atom stereocenters. The summed E-state index contributed by atoms with van der Waals surface area (Å²) in [6, 6.07) is 0.455. The summed E-state index contributed by atoms with van der Waals surface area (Å²) in [5.41, 5.74) is 0.234. The van der Waals surface area contributed by atoms with Gasteiger partial charge in [0.1, 0.15) is 0 Å². The summed E-state index contributed by atoms with van der Waals surface area (Å²) >= 11 is 0. The molecule has 5 rings (SSSR count). The smallest absolute Gasteiger partial charge is 0.232 e. The Kier molecular flexibility index (Phi) is 2.92. The molecule has 4 bridgehead atoms. The molecular weight excluding hydrogens is 250 g/mol. The Morgan fingerprint density at radius 3 is 2.30 bits per heavy atom. The molecule has 110 valence electrons. The summed E-state index contributed by atoms with van der Waals surface area (Å²) in [4.78, 5) is 4.73. The summed E-state index contributed by atoms with van der Waals surface area (Å²) in [6.45, 7) is 4.99. The van der Waals surface area contributed by atoms with Crippen LogP contribution in [0.1, 0.15) is 64.1 Å². The lowest BCUT2D eigenvalue weighted by Crippen LogP contribution is -2.48. The van der Waals surface area contributed by atoms with E-state index in [2.05, 4.69) is 24.3 Å². The van der Waals surface area contributed by atoms with Gasteiger partial charge in [-0.25, -0.2) is 0 Å². The summed E-state index contributed by atoms with van der Waals surface area (Å²) < 4.78 is 5.68. The number of hydrogen-bond donors (Lipinski definition) is 1. The molecule has 4 fully saturated rings. The fourth-order valence-corrected chi connectivity index (χ4v) is 5.21. The predicted molar refractivity (Wildman–Crippen MR) is 76.1 cm³/mol. The molecule has 4 nitrogen and oxygen atoms in total. The fourth-order valence-electron chi connectivity index (χ4n) is 5.21. The van der Waals surface area contributed by atoms with Crippen LogP contribution < -0.4 is 5.32 Å². The second kappa shape index (κ2) is 4.55. The average Bonchev–Trinajstić information content (AvgIpc) is 2.84. The van der Waals surface area contributed by atoms with Gasteiger partial charge in [0.15, 0.2) is 5.82 Å². The van der Waals surface area contributed by atoms with Crippen molar-refractivity contribution in [1.82, 2.24) is 15.5 Å². The van der Waals surface area contributed by atoms with Gasteiger partial charge >= 0.3 is 0 Å². The standard InChI is InChI=1S/C16H25N3O/c1-10(2)17-9-14-18-15(20-19-14)16-6-11-3-12(7-16)5-13(4-11)8-16/h10-13,17H,3-9H2,1-2H3. The molecule has 20 heavy (non-hydrogen) atoms. The molecule has 4 aliphatic rings. The third kappa shape index (κ3) is 2.09. The van der Waals surface area contributed by atoms with Gasteiger partial charge in [-0.3, -0.25) is 0 Å². The minimum absolute atomic E-state index is 0.234. The zero-order valence-electron chi connectivity index (χ0n) is 12.6. The van der Waals surface area contributed by atoms with Gasteiger partial charge in [-0.2, -0.15) is 4.98 Å². The third-order valence-electron chi connectivity index (χ3n) is 5.63. The van der Waals surface area contributed by atoms with Crippen molar-refractivity contribution in [3.05, 3.63) is 11.7 Å². The summed E-state index contributed by atoms with van der Waals surface area (Å²) in [6.07, 6.45) is 8.23. The molecule has 1 heterocycles. The first-order chi connectivity index (χ1) is 9.63. The van der Waals surface area contributed by atoms with E-state index in [0.717, 1.165) is 29.5 Å². The first-order valence-corrected chi connectivity index (χ1v) is 8.19. The Balaban J connectivity index is 1.55. The zero-order chi connectivity index (χ0) is 13.7. The van der Waals surface area contributed by atoms with Crippen LogP contribution in [0.4, 0.5) is 0 Å². The Bertz CT molecular complexity index is 458. The van der Waals surface area contributed by atoms with E-state index in [1.165, 1.54) is 38.5 Å². The van der Waals surface area contributed by atoms with E-state index >= 15 is 0 Å². The molecule has 0 radical (unpaired) electrons. The third-order valence-corrected chi connectivity index (χ3v) is 5.63. The minimum Gasteiger partial charge on any atom is -0.339 e. The van der Waals surface area contributed by atoms with E-state index in [9.17, 15) is 0 Å². The van der Waals surface area contributed by atoms with Crippen LogP contribution in [0.15, 0.2) is 4.52 Å². The number of aromatic nitrogens is 2. The lowest BCUT2D eigenvalue weighted by Gasteiger charge is -2.55. The number of nitrogens with one attached hydrogen (secondary N) is 1. The topological polar surface area (TPSA) is 51.0 Å².